The third kappa shape index (κ3) is 2.66. The van der Waals surface area contributed by atoms with Crippen LogP contribution in [0.5, 0.6) is 0 Å². The zero-order valence-corrected chi connectivity index (χ0v) is 13.1. The number of furan rings is 1. The van der Waals surface area contributed by atoms with Gasteiger partial charge in [-0.3, -0.25) is 0 Å². The summed E-state index contributed by atoms with van der Waals surface area (Å²) in [5, 5.41) is 1.08. The Balaban J connectivity index is 2.19. The van der Waals surface area contributed by atoms with Crippen LogP contribution in [0.2, 0.25) is 0 Å². The van der Waals surface area contributed by atoms with Crippen LogP contribution in [0.15, 0.2) is 57.4 Å². The predicted molar refractivity (Wildman–Crippen MR) is 92.0 cm³/mol. The molecule has 0 N–H and O–H groups in total. The van der Waals surface area contributed by atoms with Crippen molar-refractivity contribution in [3.63, 3.8) is 0 Å². The van der Waals surface area contributed by atoms with Crippen molar-refractivity contribution < 1.29 is 4.42 Å². The van der Waals surface area contributed by atoms with Crippen LogP contribution in [0, 0.1) is 19.3 Å². The topological polar surface area (TPSA) is 13.1 Å². The molecule has 2 heteroatoms. The molecule has 0 bridgehead atoms. The number of halogens is 1. The van der Waals surface area contributed by atoms with Crippen LogP contribution in [0.4, 0.5) is 0 Å². The largest absolute Gasteiger partial charge is 0.461 e. The van der Waals surface area contributed by atoms with Gasteiger partial charge in [-0.25, -0.2) is 0 Å². The first kappa shape index (κ1) is 13.7. The van der Waals surface area contributed by atoms with Crippen LogP contribution in [0.25, 0.3) is 28.2 Å². The van der Waals surface area contributed by atoms with Gasteiger partial charge in [0.05, 0.1) is 0 Å². The molecule has 0 spiro atoms. The molecule has 0 aliphatic rings. The van der Waals surface area contributed by atoms with E-state index in [4.69, 9.17) is 10.8 Å². The lowest BCUT2D eigenvalue weighted by Crippen LogP contribution is -1.79. The van der Waals surface area contributed by atoms with Gasteiger partial charge in [0.25, 0.3) is 0 Å². The van der Waals surface area contributed by atoms with E-state index in [9.17, 15) is 0 Å². The van der Waals surface area contributed by atoms with E-state index in [2.05, 4.69) is 46.1 Å². The lowest BCUT2D eigenvalue weighted by atomic mass is 10.0. The van der Waals surface area contributed by atoms with E-state index in [-0.39, 0.29) is 0 Å². The maximum atomic E-state index is 5.78. The van der Waals surface area contributed by atoms with Gasteiger partial charge in [0, 0.05) is 15.4 Å². The number of aryl methyl sites for hydroxylation is 1. The fraction of sp³-hybridized carbons (Fsp3) is 0.0526. The molecule has 1 heterocycles. The van der Waals surface area contributed by atoms with Gasteiger partial charge in [-0.05, 0) is 54.5 Å². The van der Waals surface area contributed by atoms with Crippen LogP contribution in [-0.4, -0.2) is 0 Å². The number of rotatable bonds is 2. The van der Waals surface area contributed by atoms with Crippen molar-refractivity contribution in [1.29, 1.82) is 0 Å². The molecule has 0 aliphatic carbocycles. The van der Waals surface area contributed by atoms with Gasteiger partial charge in [0.2, 0.25) is 0 Å². The van der Waals surface area contributed by atoms with Gasteiger partial charge in [-0.2, -0.15) is 0 Å². The van der Waals surface area contributed by atoms with Crippen LogP contribution >= 0.6 is 15.9 Å². The molecule has 3 rings (SSSR count). The zero-order chi connectivity index (χ0) is 14.8. The van der Waals surface area contributed by atoms with E-state index in [0.717, 1.165) is 37.9 Å². The van der Waals surface area contributed by atoms with Crippen molar-refractivity contribution in [2.45, 2.75) is 6.92 Å². The number of hydrogen-bond acceptors (Lipinski definition) is 1. The van der Waals surface area contributed by atoms with Crippen molar-refractivity contribution in [3.8, 4) is 23.5 Å². The number of allylic oxidation sites excluding steroid dienone is 1. The molecule has 0 amide bonds. The minimum atomic E-state index is 0.878. The van der Waals surface area contributed by atoms with Crippen molar-refractivity contribution in [2.75, 3.05) is 0 Å². The standard InChI is InChI=1S/C19H13BrO/c1-3-4-8-17-13(2)21-19-10-9-15(12-18(17)19)14-6-5-7-16(20)11-14/h1,4-12H,2H3/b8-4-. The Morgan fingerprint density at radius 1 is 1.14 bits per heavy atom. The third-order valence-electron chi connectivity index (χ3n) is 3.42. The van der Waals surface area contributed by atoms with E-state index >= 15 is 0 Å². The summed E-state index contributed by atoms with van der Waals surface area (Å²) in [5.74, 6) is 3.40. The third-order valence-corrected chi connectivity index (χ3v) is 3.91. The normalized spacial score (nSPS) is 11.1. The molecule has 0 saturated carbocycles. The van der Waals surface area contributed by atoms with Gasteiger partial charge >= 0.3 is 0 Å². The second kappa shape index (κ2) is 5.63. The molecule has 0 radical (unpaired) electrons. The van der Waals surface area contributed by atoms with Crippen LogP contribution in [0.3, 0.4) is 0 Å². The molecule has 3 aromatic rings. The lowest BCUT2D eigenvalue weighted by Gasteiger charge is -2.02. The molecule has 0 unspecified atom stereocenters. The Morgan fingerprint density at radius 3 is 2.71 bits per heavy atom. The van der Waals surface area contributed by atoms with E-state index in [1.54, 1.807) is 6.08 Å². The monoisotopic (exact) mass is 336 g/mol. The van der Waals surface area contributed by atoms with Crippen molar-refractivity contribution in [3.05, 3.63) is 64.3 Å². The predicted octanol–water partition coefficient (Wildman–Crippen LogP) is 5.82. The van der Waals surface area contributed by atoms with E-state index < -0.39 is 0 Å². The Hall–Kier alpha value is -2.24. The second-order valence-electron chi connectivity index (χ2n) is 4.79. The summed E-state index contributed by atoms with van der Waals surface area (Å²) in [6.07, 6.45) is 8.92. The molecule has 0 atom stereocenters. The molecule has 1 nitrogen and oxygen atoms in total. The summed E-state index contributed by atoms with van der Waals surface area (Å²) >= 11 is 3.51. The molecular weight excluding hydrogens is 324 g/mol. The van der Waals surface area contributed by atoms with Gasteiger partial charge in [0.15, 0.2) is 0 Å². The number of terminal acetylenes is 1. The quantitative estimate of drug-likeness (QED) is 0.537. The van der Waals surface area contributed by atoms with Gasteiger partial charge in [0.1, 0.15) is 11.3 Å². The molecule has 0 aliphatic heterocycles. The van der Waals surface area contributed by atoms with E-state index in [0.29, 0.717) is 0 Å². The first-order valence-corrected chi connectivity index (χ1v) is 7.40. The van der Waals surface area contributed by atoms with Gasteiger partial charge in [-0.15, -0.1) is 6.42 Å². The zero-order valence-electron chi connectivity index (χ0n) is 11.6. The van der Waals surface area contributed by atoms with Crippen molar-refractivity contribution in [2.24, 2.45) is 0 Å². The highest BCUT2D eigenvalue weighted by Crippen LogP contribution is 2.31. The molecule has 2 aromatic carbocycles. The molecule has 0 saturated heterocycles. The van der Waals surface area contributed by atoms with Crippen LogP contribution < -0.4 is 0 Å². The maximum Gasteiger partial charge on any atom is 0.134 e. The highest BCUT2D eigenvalue weighted by molar-refractivity contribution is 9.10. The Morgan fingerprint density at radius 2 is 1.95 bits per heavy atom. The number of benzene rings is 2. The molecular formula is C19H13BrO. The molecule has 1 aromatic heterocycles. The first-order valence-electron chi connectivity index (χ1n) is 6.61. The Bertz CT molecular complexity index is 878. The number of hydrogen-bond donors (Lipinski definition) is 0. The second-order valence-corrected chi connectivity index (χ2v) is 5.71. The minimum Gasteiger partial charge on any atom is -0.461 e. The summed E-state index contributed by atoms with van der Waals surface area (Å²) < 4.78 is 6.85. The average Bonchev–Trinajstić information content (AvgIpc) is 2.79. The van der Waals surface area contributed by atoms with E-state index in [1.165, 1.54) is 0 Å². The summed E-state index contributed by atoms with van der Waals surface area (Å²) in [4.78, 5) is 0. The van der Waals surface area contributed by atoms with Crippen molar-refractivity contribution in [1.82, 2.24) is 0 Å². The van der Waals surface area contributed by atoms with Gasteiger partial charge < -0.3 is 4.42 Å². The van der Waals surface area contributed by atoms with Gasteiger partial charge in [-0.1, -0.05) is 40.0 Å². The first-order chi connectivity index (χ1) is 10.2. The Kier molecular flexibility index (Phi) is 3.68. The molecule has 21 heavy (non-hydrogen) atoms. The summed E-state index contributed by atoms with van der Waals surface area (Å²) in [7, 11) is 0. The average molecular weight is 337 g/mol. The highest BCUT2D eigenvalue weighted by atomic mass is 79.9. The minimum absolute atomic E-state index is 0.878. The fourth-order valence-electron chi connectivity index (χ4n) is 2.43. The maximum absolute atomic E-state index is 5.78. The number of fused-ring (bicyclic) bond motifs is 1. The lowest BCUT2D eigenvalue weighted by molar-refractivity contribution is 0.577. The highest BCUT2D eigenvalue weighted by Gasteiger charge is 2.10. The van der Waals surface area contributed by atoms with E-state index in [1.807, 2.05) is 31.2 Å². The summed E-state index contributed by atoms with van der Waals surface area (Å²) in [6.45, 7) is 1.95. The smallest absolute Gasteiger partial charge is 0.134 e. The molecule has 102 valence electrons. The Labute approximate surface area is 132 Å². The summed E-state index contributed by atoms with van der Waals surface area (Å²) in [5.41, 5.74) is 4.24. The fourth-order valence-corrected chi connectivity index (χ4v) is 2.82. The van der Waals surface area contributed by atoms with Crippen LogP contribution in [0.1, 0.15) is 11.3 Å². The molecule has 0 fully saturated rings. The summed E-state index contributed by atoms with van der Waals surface area (Å²) in [6, 6.07) is 14.5. The van der Waals surface area contributed by atoms with Crippen LogP contribution in [-0.2, 0) is 0 Å². The van der Waals surface area contributed by atoms with Crippen molar-refractivity contribution >= 4 is 33.0 Å². The SMILES string of the molecule is C#C/C=C\c1c(C)oc2ccc(-c3cccc(Br)c3)cc12.